The Morgan fingerprint density at radius 1 is 1.07 bits per heavy atom. The summed E-state index contributed by atoms with van der Waals surface area (Å²) >= 11 is 1.35. The van der Waals surface area contributed by atoms with Crippen LogP contribution in [-0.2, 0) is 9.59 Å². The number of hydrogen-bond acceptors (Lipinski definition) is 4. The Balaban J connectivity index is 1.67. The minimum atomic E-state index is -0.568. The van der Waals surface area contributed by atoms with E-state index in [4.69, 9.17) is 0 Å². The molecule has 0 aromatic heterocycles. The SMILES string of the molecule is CC(=O)SC1CCN(C(C(=O)C2CC2)c2ccccc2F)C/C1=C/c1ccccc1. The van der Waals surface area contributed by atoms with Crippen LogP contribution < -0.4 is 0 Å². The number of benzene rings is 2. The fourth-order valence-electron chi connectivity index (χ4n) is 4.16. The Morgan fingerprint density at radius 2 is 1.77 bits per heavy atom. The molecule has 2 aliphatic rings. The summed E-state index contributed by atoms with van der Waals surface area (Å²) in [5.41, 5.74) is 2.64. The summed E-state index contributed by atoms with van der Waals surface area (Å²) in [6, 6.07) is 16.1. The average Bonchev–Trinajstić information content (AvgIpc) is 3.57. The molecule has 1 saturated heterocycles. The lowest BCUT2D eigenvalue weighted by molar-refractivity contribution is -0.126. The van der Waals surface area contributed by atoms with Crippen LogP contribution in [-0.4, -0.2) is 34.1 Å². The van der Waals surface area contributed by atoms with Crippen LogP contribution in [0, 0.1) is 11.7 Å². The van der Waals surface area contributed by atoms with Gasteiger partial charge >= 0.3 is 0 Å². The highest BCUT2D eigenvalue weighted by Crippen LogP contribution is 2.40. The van der Waals surface area contributed by atoms with Gasteiger partial charge in [-0.15, -0.1) is 0 Å². The van der Waals surface area contributed by atoms with Gasteiger partial charge in [-0.3, -0.25) is 14.5 Å². The van der Waals surface area contributed by atoms with Crippen LogP contribution in [0.25, 0.3) is 6.08 Å². The monoisotopic (exact) mass is 423 g/mol. The van der Waals surface area contributed by atoms with E-state index in [0.717, 1.165) is 30.4 Å². The molecule has 0 bridgehead atoms. The first-order chi connectivity index (χ1) is 14.5. The number of carbonyl (C=O) groups is 2. The second kappa shape index (κ2) is 9.27. The third-order valence-electron chi connectivity index (χ3n) is 5.75. The van der Waals surface area contributed by atoms with Crippen molar-refractivity contribution in [2.75, 3.05) is 13.1 Å². The maximum atomic E-state index is 14.7. The Labute approximate surface area is 181 Å². The first-order valence-electron chi connectivity index (χ1n) is 10.5. The van der Waals surface area contributed by atoms with Crippen LogP contribution in [0.5, 0.6) is 0 Å². The Morgan fingerprint density at radius 3 is 2.43 bits per heavy atom. The van der Waals surface area contributed by atoms with Crippen molar-refractivity contribution in [3.63, 3.8) is 0 Å². The fraction of sp³-hybridized carbons (Fsp3) is 0.360. The van der Waals surface area contributed by atoms with Crippen molar-refractivity contribution in [3.05, 3.63) is 77.1 Å². The minimum Gasteiger partial charge on any atom is -0.297 e. The van der Waals surface area contributed by atoms with E-state index in [2.05, 4.69) is 11.0 Å². The van der Waals surface area contributed by atoms with E-state index in [-0.39, 0.29) is 27.9 Å². The topological polar surface area (TPSA) is 37.4 Å². The molecule has 1 saturated carbocycles. The number of thioether (sulfide) groups is 1. The summed E-state index contributed by atoms with van der Waals surface area (Å²) in [4.78, 5) is 27.1. The fourth-order valence-corrected chi connectivity index (χ4v) is 5.08. The number of carbonyl (C=O) groups excluding carboxylic acids is 2. The largest absolute Gasteiger partial charge is 0.297 e. The minimum absolute atomic E-state index is 0.0421. The first kappa shape index (κ1) is 21.0. The molecule has 2 aromatic carbocycles. The molecule has 2 fully saturated rings. The van der Waals surface area contributed by atoms with E-state index >= 15 is 0 Å². The maximum absolute atomic E-state index is 14.7. The van der Waals surface area contributed by atoms with Gasteiger partial charge < -0.3 is 0 Å². The molecule has 2 aromatic rings. The lowest BCUT2D eigenvalue weighted by atomic mass is 9.93. The van der Waals surface area contributed by atoms with E-state index in [1.165, 1.54) is 17.8 Å². The van der Waals surface area contributed by atoms with Crippen molar-refractivity contribution in [1.29, 1.82) is 0 Å². The molecule has 0 N–H and O–H groups in total. The van der Waals surface area contributed by atoms with Crippen molar-refractivity contribution >= 4 is 28.7 Å². The third kappa shape index (κ3) is 4.90. The van der Waals surface area contributed by atoms with Crippen molar-refractivity contribution in [1.82, 2.24) is 4.90 Å². The molecule has 30 heavy (non-hydrogen) atoms. The predicted molar refractivity (Wildman–Crippen MR) is 120 cm³/mol. The highest BCUT2D eigenvalue weighted by atomic mass is 32.2. The standard InChI is InChI=1S/C25H26FNO2S/c1-17(28)30-23-13-14-27(16-20(23)15-18-7-3-2-4-8-18)24(25(29)19-11-12-19)21-9-5-6-10-22(21)26/h2-10,15,19,23-24H,11-14,16H2,1H3/b20-15-. The molecule has 4 rings (SSSR count). The van der Waals surface area contributed by atoms with Crippen LogP contribution in [0.1, 0.15) is 43.4 Å². The number of ketones is 1. The second-order valence-corrected chi connectivity index (χ2v) is 9.47. The molecule has 2 atom stereocenters. The first-order valence-corrected chi connectivity index (χ1v) is 11.4. The van der Waals surface area contributed by atoms with Crippen molar-refractivity contribution < 1.29 is 14.0 Å². The molecule has 1 aliphatic heterocycles. The number of hydrogen-bond donors (Lipinski definition) is 0. The zero-order chi connectivity index (χ0) is 21.1. The van der Waals surface area contributed by atoms with Gasteiger partial charge in [-0.05, 0) is 36.5 Å². The molecular formula is C25H26FNO2S. The van der Waals surface area contributed by atoms with E-state index < -0.39 is 6.04 Å². The van der Waals surface area contributed by atoms with Crippen molar-refractivity contribution in [2.24, 2.45) is 5.92 Å². The van der Waals surface area contributed by atoms with E-state index in [0.29, 0.717) is 18.7 Å². The van der Waals surface area contributed by atoms with Crippen LogP contribution >= 0.6 is 11.8 Å². The number of halogens is 1. The van der Waals surface area contributed by atoms with Crippen LogP contribution in [0.4, 0.5) is 4.39 Å². The van der Waals surface area contributed by atoms with Gasteiger partial charge in [0.05, 0.1) is 6.04 Å². The molecule has 3 nitrogen and oxygen atoms in total. The number of rotatable bonds is 6. The van der Waals surface area contributed by atoms with Crippen molar-refractivity contribution in [3.8, 4) is 0 Å². The Kier molecular flexibility index (Phi) is 6.49. The summed E-state index contributed by atoms with van der Waals surface area (Å²) in [6.45, 7) is 2.81. The number of Topliss-reactive ketones (excluding diaryl/α,β-unsaturated/α-hetero) is 1. The summed E-state index contributed by atoms with van der Waals surface area (Å²) in [6.07, 6.45) is 4.67. The molecule has 2 unspecified atom stereocenters. The highest BCUT2D eigenvalue weighted by molar-refractivity contribution is 8.14. The summed E-state index contributed by atoms with van der Waals surface area (Å²) in [7, 11) is 0. The summed E-state index contributed by atoms with van der Waals surface area (Å²) < 4.78 is 14.7. The van der Waals surface area contributed by atoms with Crippen molar-refractivity contribution in [2.45, 2.75) is 37.5 Å². The maximum Gasteiger partial charge on any atom is 0.186 e. The number of likely N-dealkylation sites (tertiary alicyclic amines) is 1. The second-order valence-electron chi connectivity index (χ2n) is 8.09. The normalized spacial score (nSPS) is 22.1. The quantitative estimate of drug-likeness (QED) is 0.633. The third-order valence-corrected chi connectivity index (χ3v) is 6.91. The van der Waals surface area contributed by atoms with E-state index in [9.17, 15) is 14.0 Å². The van der Waals surface area contributed by atoms with Gasteiger partial charge in [-0.2, -0.15) is 0 Å². The Hall–Kier alpha value is -2.24. The Bertz CT molecular complexity index is 955. The van der Waals surface area contributed by atoms with Gasteiger partial charge in [0.1, 0.15) is 5.82 Å². The number of nitrogens with zero attached hydrogens (tertiary/aromatic N) is 1. The van der Waals surface area contributed by atoms with Gasteiger partial charge in [0.25, 0.3) is 0 Å². The zero-order valence-electron chi connectivity index (χ0n) is 17.1. The zero-order valence-corrected chi connectivity index (χ0v) is 17.9. The van der Waals surface area contributed by atoms with Gasteiger partial charge in [-0.25, -0.2) is 4.39 Å². The molecule has 0 amide bonds. The molecule has 0 radical (unpaired) electrons. The molecule has 1 heterocycles. The molecule has 1 aliphatic carbocycles. The molecule has 0 spiro atoms. The lowest BCUT2D eigenvalue weighted by Crippen LogP contribution is -2.43. The predicted octanol–water partition coefficient (Wildman–Crippen LogP) is 5.28. The van der Waals surface area contributed by atoms with Gasteiger partial charge in [0, 0.05) is 36.7 Å². The number of piperidine rings is 1. The lowest BCUT2D eigenvalue weighted by Gasteiger charge is -2.38. The van der Waals surface area contributed by atoms with Gasteiger partial charge in [-0.1, -0.05) is 66.4 Å². The summed E-state index contributed by atoms with van der Waals surface area (Å²) in [5.74, 6) is -0.164. The van der Waals surface area contributed by atoms with E-state index in [1.54, 1.807) is 25.1 Å². The van der Waals surface area contributed by atoms with Crippen LogP contribution in [0.3, 0.4) is 0 Å². The van der Waals surface area contributed by atoms with E-state index in [1.807, 2.05) is 30.3 Å². The molecular weight excluding hydrogens is 397 g/mol. The molecule has 5 heteroatoms. The van der Waals surface area contributed by atoms with Crippen LogP contribution in [0.2, 0.25) is 0 Å². The van der Waals surface area contributed by atoms with Gasteiger partial charge in [0.2, 0.25) is 0 Å². The smallest absolute Gasteiger partial charge is 0.186 e. The molecule has 156 valence electrons. The van der Waals surface area contributed by atoms with Gasteiger partial charge in [0.15, 0.2) is 10.9 Å². The summed E-state index contributed by atoms with van der Waals surface area (Å²) in [5, 5.41) is 0.170. The highest BCUT2D eigenvalue weighted by Gasteiger charge is 2.41. The average molecular weight is 424 g/mol. The van der Waals surface area contributed by atoms with Crippen LogP contribution in [0.15, 0.2) is 60.2 Å².